The minimum absolute atomic E-state index is 0.0452. The maximum absolute atomic E-state index is 13.0. The van der Waals surface area contributed by atoms with Crippen LogP contribution in [0.15, 0.2) is 24.3 Å². The Bertz CT molecular complexity index is 417. The fourth-order valence-corrected chi connectivity index (χ4v) is 1.96. The van der Waals surface area contributed by atoms with E-state index in [4.69, 9.17) is 5.11 Å². The average molecular weight is 241 g/mol. The third kappa shape index (κ3) is 2.93. The van der Waals surface area contributed by atoms with Gasteiger partial charge in [0.15, 0.2) is 0 Å². The normalized spacial score (nSPS) is 18.4. The van der Waals surface area contributed by atoms with E-state index >= 15 is 0 Å². The second-order valence-corrected chi connectivity index (χ2v) is 4.26. The van der Waals surface area contributed by atoms with E-state index in [-0.39, 0.29) is 19.4 Å². The fraction of sp³-hybridized carbons (Fsp3) is 0.417. The summed E-state index contributed by atoms with van der Waals surface area (Å²) in [7, 11) is 0. The molecule has 0 unspecified atom stereocenters. The Labute approximate surface area is 97.7 Å². The van der Waals surface area contributed by atoms with E-state index in [1.54, 1.807) is 29.2 Å². The quantitative estimate of drug-likeness (QED) is 0.881. The largest absolute Gasteiger partial charge is 0.481 e. The molecule has 1 heterocycles. The van der Waals surface area contributed by atoms with Gasteiger partial charge in [0.25, 0.3) is 5.92 Å². The zero-order valence-electron chi connectivity index (χ0n) is 9.20. The molecular weight excluding hydrogens is 228 g/mol. The minimum atomic E-state index is -2.61. The van der Waals surface area contributed by atoms with Crippen molar-refractivity contribution in [2.45, 2.75) is 18.8 Å². The van der Waals surface area contributed by atoms with Crippen LogP contribution in [0.3, 0.4) is 0 Å². The van der Waals surface area contributed by atoms with Crippen LogP contribution in [-0.2, 0) is 11.2 Å². The van der Waals surface area contributed by atoms with Crippen LogP contribution in [0.25, 0.3) is 0 Å². The van der Waals surface area contributed by atoms with Gasteiger partial charge in [0.2, 0.25) is 0 Å². The summed E-state index contributed by atoms with van der Waals surface area (Å²) >= 11 is 0. The van der Waals surface area contributed by atoms with Gasteiger partial charge < -0.3 is 10.0 Å². The highest BCUT2D eigenvalue weighted by Crippen LogP contribution is 2.30. The van der Waals surface area contributed by atoms with E-state index in [2.05, 4.69) is 0 Å². The molecule has 0 aromatic heterocycles. The van der Waals surface area contributed by atoms with Crippen LogP contribution in [0.5, 0.6) is 0 Å². The first-order valence-electron chi connectivity index (χ1n) is 5.40. The Hall–Kier alpha value is -1.65. The highest BCUT2D eigenvalue weighted by molar-refractivity contribution is 5.70. The molecule has 92 valence electrons. The lowest BCUT2D eigenvalue weighted by Crippen LogP contribution is -2.24. The van der Waals surface area contributed by atoms with Crippen molar-refractivity contribution >= 4 is 11.7 Å². The molecule has 17 heavy (non-hydrogen) atoms. The van der Waals surface area contributed by atoms with Gasteiger partial charge in [-0.25, -0.2) is 8.78 Å². The number of alkyl halides is 2. The number of benzene rings is 1. The third-order valence-corrected chi connectivity index (χ3v) is 2.83. The molecule has 0 bridgehead atoms. The number of rotatable bonds is 3. The van der Waals surface area contributed by atoms with Crippen LogP contribution in [0.1, 0.15) is 12.0 Å². The average Bonchev–Trinajstić information content (AvgIpc) is 2.59. The van der Waals surface area contributed by atoms with Crippen molar-refractivity contribution < 1.29 is 18.7 Å². The van der Waals surface area contributed by atoms with E-state index in [9.17, 15) is 13.6 Å². The first-order chi connectivity index (χ1) is 7.96. The lowest BCUT2D eigenvalue weighted by molar-refractivity contribution is -0.136. The van der Waals surface area contributed by atoms with Gasteiger partial charge in [-0.05, 0) is 17.7 Å². The molecule has 5 heteroatoms. The zero-order chi connectivity index (χ0) is 12.5. The molecule has 0 aliphatic carbocycles. The summed E-state index contributed by atoms with van der Waals surface area (Å²) in [5.41, 5.74) is 1.39. The molecule has 0 radical (unpaired) electrons. The van der Waals surface area contributed by atoms with Crippen molar-refractivity contribution in [2.75, 3.05) is 18.0 Å². The van der Waals surface area contributed by atoms with E-state index in [1.807, 2.05) is 0 Å². The van der Waals surface area contributed by atoms with Gasteiger partial charge in [-0.1, -0.05) is 12.1 Å². The van der Waals surface area contributed by atoms with E-state index < -0.39 is 11.9 Å². The van der Waals surface area contributed by atoms with Crippen LogP contribution in [0.2, 0.25) is 0 Å². The Morgan fingerprint density at radius 1 is 1.35 bits per heavy atom. The predicted octanol–water partition coefficient (Wildman–Crippen LogP) is 2.16. The summed E-state index contributed by atoms with van der Waals surface area (Å²) in [5, 5.41) is 8.61. The van der Waals surface area contributed by atoms with Crippen molar-refractivity contribution in [1.29, 1.82) is 0 Å². The SMILES string of the molecule is O=C(O)Cc1ccc(N2CCC(F)(F)C2)cc1. The smallest absolute Gasteiger partial charge is 0.307 e. The number of nitrogens with zero attached hydrogens (tertiary/aromatic N) is 1. The Morgan fingerprint density at radius 2 is 2.00 bits per heavy atom. The summed E-state index contributed by atoms with van der Waals surface area (Å²) in [6.07, 6.45) is -0.166. The van der Waals surface area contributed by atoms with Crippen molar-refractivity contribution in [2.24, 2.45) is 0 Å². The second-order valence-electron chi connectivity index (χ2n) is 4.26. The number of carbonyl (C=O) groups is 1. The molecule has 1 N–H and O–H groups in total. The molecular formula is C12H13F2NO2. The Morgan fingerprint density at radius 3 is 2.47 bits per heavy atom. The molecule has 1 saturated heterocycles. The zero-order valence-corrected chi connectivity index (χ0v) is 9.20. The molecule has 1 aliphatic rings. The predicted molar refractivity (Wildman–Crippen MR) is 59.6 cm³/mol. The van der Waals surface area contributed by atoms with Gasteiger partial charge in [-0.15, -0.1) is 0 Å². The summed E-state index contributed by atoms with van der Waals surface area (Å²) < 4.78 is 26.0. The maximum Gasteiger partial charge on any atom is 0.307 e. The fourth-order valence-electron chi connectivity index (χ4n) is 1.96. The Kier molecular flexibility index (Phi) is 3.00. The molecule has 0 atom stereocenters. The molecule has 2 rings (SSSR count). The molecule has 0 saturated carbocycles. The van der Waals surface area contributed by atoms with Crippen molar-refractivity contribution in [1.82, 2.24) is 0 Å². The lowest BCUT2D eigenvalue weighted by atomic mass is 10.1. The summed E-state index contributed by atoms with van der Waals surface area (Å²) in [6.45, 7) is 0.0799. The lowest BCUT2D eigenvalue weighted by Gasteiger charge is -2.18. The van der Waals surface area contributed by atoms with Gasteiger partial charge in [0.1, 0.15) is 0 Å². The molecule has 1 aliphatic heterocycles. The molecule has 3 nitrogen and oxygen atoms in total. The van der Waals surface area contributed by atoms with Crippen LogP contribution in [0, 0.1) is 0 Å². The van der Waals surface area contributed by atoms with E-state index in [0.717, 1.165) is 5.69 Å². The van der Waals surface area contributed by atoms with Crippen LogP contribution >= 0.6 is 0 Å². The number of hydrogen-bond acceptors (Lipinski definition) is 2. The van der Waals surface area contributed by atoms with Crippen molar-refractivity contribution in [3.63, 3.8) is 0 Å². The standard InChI is InChI=1S/C12H13F2NO2/c13-12(14)5-6-15(8-12)10-3-1-9(2-4-10)7-11(16)17/h1-4H,5-8H2,(H,16,17). The number of carboxylic acid groups (broad SMARTS) is 1. The first kappa shape index (κ1) is 11.8. The number of halogens is 2. The minimum Gasteiger partial charge on any atom is -0.481 e. The monoisotopic (exact) mass is 241 g/mol. The second kappa shape index (κ2) is 4.31. The number of carboxylic acids is 1. The molecule has 0 spiro atoms. The molecule has 1 aromatic rings. The van der Waals surface area contributed by atoms with E-state index in [0.29, 0.717) is 12.1 Å². The number of anilines is 1. The highest BCUT2D eigenvalue weighted by Gasteiger charge is 2.38. The molecule has 0 amide bonds. The van der Waals surface area contributed by atoms with Gasteiger partial charge in [0.05, 0.1) is 13.0 Å². The van der Waals surface area contributed by atoms with Crippen LogP contribution in [-0.4, -0.2) is 30.1 Å². The summed E-state index contributed by atoms with van der Waals surface area (Å²) in [5.74, 6) is -3.51. The highest BCUT2D eigenvalue weighted by atomic mass is 19.3. The van der Waals surface area contributed by atoms with Gasteiger partial charge in [-0.2, -0.15) is 0 Å². The summed E-state index contributed by atoms with van der Waals surface area (Å²) in [4.78, 5) is 12.1. The summed E-state index contributed by atoms with van der Waals surface area (Å²) in [6, 6.07) is 6.72. The third-order valence-electron chi connectivity index (χ3n) is 2.83. The first-order valence-corrected chi connectivity index (χ1v) is 5.40. The van der Waals surface area contributed by atoms with Gasteiger partial charge in [0, 0.05) is 18.7 Å². The van der Waals surface area contributed by atoms with Crippen LogP contribution < -0.4 is 4.90 Å². The number of hydrogen-bond donors (Lipinski definition) is 1. The van der Waals surface area contributed by atoms with Gasteiger partial charge in [-0.3, -0.25) is 4.79 Å². The number of aliphatic carboxylic acids is 1. The van der Waals surface area contributed by atoms with Crippen molar-refractivity contribution in [3.05, 3.63) is 29.8 Å². The Balaban J connectivity index is 2.06. The van der Waals surface area contributed by atoms with Crippen LogP contribution in [0.4, 0.5) is 14.5 Å². The topological polar surface area (TPSA) is 40.5 Å². The molecule has 1 fully saturated rings. The van der Waals surface area contributed by atoms with Crippen molar-refractivity contribution in [3.8, 4) is 0 Å². The van der Waals surface area contributed by atoms with Gasteiger partial charge >= 0.3 is 5.97 Å². The maximum atomic E-state index is 13.0. The van der Waals surface area contributed by atoms with E-state index in [1.165, 1.54) is 0 Å². The molecule has 1 aromatic carbocycles.